The molecule has 0 atom stereocenters. The van der Waals surface area contributed by atoms with Gasteiger partial charge in [-0.2, -0.15) is 22.0 Å². The average Bonchev–Trinajstić information content (AvgIpc) is 2.66. The summed E-state index contributed by atoms with van der Waals surface area (Å²) in [6, 6.07) is 8.11. The van der Waals surface area contributed by atoms with E-state index in [0.29, 0.717) is 11.6 Å². The van der Waals surface area contributed by atoms with Crippen LogP contribution in [0.5, 0.6) is 5.75 Å². The molecule has 0 aliphatic heterocycles. The molecule has 0 spiro atoms. The quantitative estimate of drug-likeness (QED) is 0.360. The predicted molar refractivity (Wildman–Crippen MR) is 98.2 cm³/mol. The lowest BCUT2D eigenvalue weighted by Gasteiger charge is -2.14. The van der Waals surface area contributed by atoms with Gasteiger partial charge in [-0.1, -0.05) is 23.7 Å². The molecule has 0 saturated carbocycles. The molecule has 0 aliphatic carbocycles. The van der Waals surface area contributed by atoms with Crippen molar-refractivity contribution >= 4 is 35.2 Å². The molecule has 0 aromatic heterocycles. The van der Waals surface area contributed by atoms with Crippen LogP contribution in [-0.2, 0) is 20.5 Å². The van der Waals surface area contributed by atoms with Crippen LogP contribution in [-0.4, -0.2) is 25.1 Å². The number of halogens is 6. The van der Waals surface area contributed by atoms with Crippen LogP contribution in [0.15, 0.2) is 48.5 Å². The van der Waals surface area contributed by atoms with Gasteiger partial charge in [0.25, 0.3) is 5.91 Å². The van der Waals surface area contributed by atoms with E-state index < -0.39 is 42.5 Å². The number of alkyl halides is 5. The molecule has 0 fully saturated rings. The Labute approximate surface area is 172 Å². The number of hydrogen-bond acceptors (Lipinski definition) is 4. The minimum atomic E-state index is -4.75. The molecule has 2 rings (SSSR count). The third kappa shape index (κ3) is 7.36. The first-order valence-electron chi connectivity index (χ1n) is 8.11. The van der Waals surface area contributed by atoms with E-state index in [0.717, 1.165) is 12.1 Å². The van der Waals surface area contributed by atoms with Gasteiger partial charge in [0.15, 0.2) is 6.61 Å². The van der Waals surface area contributed by atoms with Crippen molar-refractivity contribution in [1.29, 1.82) is 0 Å². The van der Waals surface area contributed by atoms with E-state index in [1.165, 1.54) is 36.4 Å². The maximum atomic E-state index is 13.0. The van der Waals surface area contributed by atoms with Crippen LogP contribution >= 0.6 is 11.6 Å². The largest absolute Gasteiger partial charge is 0.452 e. The lowest BCUT2D eigenvalue weighted by molar-refractivity contribution is -0.142. The van der Waals surface area contributed by atoms with Crippen LogP contribution in [0.4, 0.5) is 27.6 Å². The third-order valence-corrected chi connectivity index (χ3v) is 3.66. The van der Waals surface area contributed by atoms with Gasteiger partial charge in [-0.3, -0.25) is 4.79 Å². The van der Waals surface area contributed by atoms with Crippen LogP contribution in [0.2, 0.25) is 5.02 Å². The predicted octanol–water partition coefficient (Wildman–Crippen LogP) is 5.16. The molecule has 0 saturated heterocycles. The van der Waals surface area contributed by atoms with Crippen LogP contribution in [0, 0.1) is 0 Å². The van der Waals surface area contributed by atoms with Crippen molar-refractivity contribution in [2.75, 3.05) is 11.9 Å². The van der Waals surface area contributed by atoms with Crippen molar-refractivity contribution in [2.24, 2.45) is 0 Å². The van der Waals surface area contributed by atoms with Gasteiger partial charge in [0, 0.05) is 11.1 Å². The fourth-order valence-electron chi connectivity index (χ4n) is 2.16. The summed E-state index contributed by atoms with van der Waals surface area (Å²) in [4.78, 5) is 23.4. The number of rotatable bonds is 7. The van der Waals surface area contributed by atoms with Crippen molar-refractivity contribution in [3.05, 3.63) is 64.7 Å². The Morgan fingerprint density at radius 2 is 1.77 bits per heavy atom. The van der Waals surface area contributed by atoms with Crippen molar-refractivity contribution in [3.8, 4) is 5.75 Å². The fraction of sp³-hybridized carbons (Fsp3) is 0.158. The molecule has 160 valence electrons. The van der Waals surface area contributed by atoms with Gasteiger partial charge >= 0.3 is 18.8 Å². The molecule has 2 aromatic carbocycles. The summed E-state index contributed by atoms with van der Waals surface area (Å²) < 4.78 is 71.9. The summed E-state index contributed by atoms with van der Waals surface area (Å²) >= 11 is 5.55. The molecular weight excluding hydrogens is 437 g/mol. The summed E-state index contributed by atoms with van der Waals surface area (Å²) in [5.74, 6) is -2.00. The van der Waals surface area contributed by atoms with E-state index in [1.807, 2.05) is 5.32 Å². The van der Waals surface area contributed by atoms with Gasteiger partial charge in [-0.15, -0.1) is 0 Å². The summed E-state index contributed by atoms with van der Waals surface area (Å²) in [6.45, 7) is -3.79. The van der Waals surface area contributed by atoms with E-state index in [9.17, 15) is 31.5 Å². The Balaban J connectivity index is 1.89. The molecular formula is C19H13ClF5NO4. The SMILES string of the molecule is O=C(COC(=O)/C=C/c1ccc(OC(F)F)cc1)Nc1ccc(Cl)cc1C(F)(F)F. The highest BCUT2D eigenvalue weighted by atomic mass is 35.5. The Bertz CT molecular complexity index is 930. The Hall–Kier alpha value is -3.14. The van der Waals surface area contributed by atoms with Crippen molar-refractivity contribution < 1.29 is 41.0 Å². The second kappa shape index (κ2) is 10.1. The van der Waals surface area contributed by atoms with Crippen LogP contribution in [0.25, 0.3) is 6.08 Å². The van der Waals surface area contributed by atoms with E-state index in [2.05, 4.69) is 9.47 Å². The number of nitrogens with one attached hydrogen (secondary N) is 1. The van der Waals surface area contributed by atoms with E-state index in [-0.39, 0.29) is 10.8 Å². The van der Waals surface area contributed by atoms with Crippen LogP contribution < -0.4 is 10.1 Å². The number of esters is 1. The molecule has 0 aliphatic rings. The summed E-state index contributed by atoms with van der Waals surface area (Å²) in [6.07, 6.45) is -2.50. The fourth-order valence-corrected chi connectivity index (χ4v) is 2.33. The second-order valence-electron chi connectivity index (χ2n) is 5.62. The third-order valence-electron chi connectivity index (χ3n) is 3.42. The first kappa shape index (κ1) is 23.1. The number of ether oxygens (including phenoxy) is 2. The number of hydrogen-bond donors (Lipinski definition) is 1. The normalized spacial score (nSPS) is 11.6. The monoisotopic (exact) mass is 449 g/mol. The number of amides is 1. The van der Waals surface area contributed by atoms with Crippen LogP contribution in [0.1, 0.15) is 11.1 Å². The van der Waals surface area contributed by atoms with Gasteiger partial charge < -0.3 is 14.8 Å². The number of carbonyl (C=O) groups is 2. The molecule has 11 heteroatoms. The second-order valence-corrected chi connectivity index (χ2v) is 6.06. The van der Waals surface area contributed by atoms with Crippen LogP contribution in [0.3, 0.4) is 0 Å². The topological polar surface area (TPSA) is 64.6 Å². The number of benzene rings is 2. The highest BCUT2D eigenvalue weighted by Gasteiger charge is 2.34. The molecule has 1 amide bonds. The molecule has 0 bridgehead atoms. The van der Waals surface area contributed by atoms with Gasteiger partial charge in [0.05, 0.1) is 11.3 Å². The standard InChI is InChI=1S/C19H13ClF5NO4/c20-12-4-7-15(14(9-12)19(23,24)25)26-16(27)10-29-17(28)8-3-11-1-5-13(6-2-11)30-18(21)22/h1-9,18H,10H2,(H,26,27)/b8-3+. The van der Waals surface area contributed by atoms with E-state index >= 15 is 0 Å². The maximum Gasteiger partial charge on any atom is 0.418 e. The Kier molecular flexibility index (Phi) is 7.76. The van der Waals surface area contributed by atoms with Crippen molar-refractivity contribution in [2.45, 2.75) is 12.8 Å². The van der Waals surface area contributed by atoms with Gasteiger partial charge in [0.1, 0.15) is 5.75 Å². The zero-order valence-electron chi connectivity index (χ0n) is 14.9. The molecule has 0 unspecified atom stereocenters. The summed E-state index contributed by atoms with van der Waals surface area (Å²) in [7, 11) is 0. The Morgan fingerprint density at radius 1 is 1.10 bits per heavy atom. The van der Waals surface area contributed by atoms with E-state index in [4.69, 9.17) is 11.6 Å². The van der Waals surface area contributed by atoms with Gasteiger partial charge in [-0.25, -0.2) is 4.79 Å². The summed E-state index contributed by atoms with van der Waals surface area (Å²) in [5, 5.41) is 1.84. The zero-order chi connectivity index (χ0) is 22.3. The highest BCUT2D eigenvalue weighted by Crippen LogP contribution is 2.36. The smallest absolute Gasteiger partial charge is 0.418 e. The minimum Gasteiger partial charge on any atom is -0.452 e. The van der Waals surface area contributed by atoms with Gasteiger partial charge in [-0.05, 0) is 42.0 Å². The number of carbonyl (C=O) groups excluding carboxylic acids is 2. The zero-order valence-corrected chi connectivity index (χ0v) is 15.6. The first-order valence-corrected chi connectivity index (χ1v) is 8.48. The molecule has 1 N–H and O–H groups in total. The highest BCUT2D eigenvalue weighted by molar-refractivity contribution is 6.30. The van der Waals surface area contributed by atoms with Crippen molar-refractivity contribution in [3.63, 3.8) is 0 Å². The molecule has 30 heavy (non-hydrogen) atoms. The van der Waals surface area contributed by atoms with Crippen molar-refractivity contribution in [1.82, 2.24) is 0 Å². The van der Waals surface area contributed by atoms with E-state index in [1.54, 1.807) is 0 Å². The Morgan fingerprint density at radius 3 is 2.37 bits per heavy atom. The van der Waals surface area contributed by atoms with Gasteiger partial charge in [0.2, 0.25) is 0 Å². The average molecular weight is 450 g/mol. The molecule has 2 aromatic rings. The molecule has 0 heterocycles. The minimum absolute atomic E-state index is 0.0678. The lowest BCUT2D eigenvalue weighted by Crippen LogP contribution is -2.22. The molecule has 0 radical (unpaired) electrons. The maximum absolute atomic E-state index is 13.0. The number of anilines is 1. The molecule has 5 nitrogen and oxygen atoms in total. The lowest BCUT2D eigenvalue weighted by atomic mass is 10.1. The summed E-state index contributed by atoms with van der Waals surface area (Å²) in [5.41, 5.74) is -1.22. The first-order chi connectivity index (χ1) is 14.0.